The second kappa shape index (κ2) is 10.4. The SMILES string of the molecule is Cc1nc(COc2ccc(NC(=O)c3ccc(NC(=O)c4cc(Cl)cc(Cl)c4)cc3)cc2)no1. The number of hydrogen-bond donors (Lipinski definition) is 2. The van der Waals surface area contributed by atoms with Gasteiger partial charge in [0.15, 0.2) is 6.61 Å². The molecule has 2 amide bonds. The number of halogens is 2. The van der Waals surface area contributed by atoms with Crippen molar-refractivity contribution in [1.29, 1.82) is 0 Å². The van der Waals surface area contributed by atoms with Crippen molar-refractivity contribution in [1.82, 2.24) is 10.1 Å². The van der Waals surface area contributed by atoms with E-state index in [1.54, 1.807) is 61.5 Å². The van der Waals surface area contributed by atoms with E-state index >= 15 is 0 Å². The highest BCUT2D eigenvalue weighted by Gasteiger charge is 2.11. The summed E-state index contributed by atoms with van der Waals surface area (Å²) < 4.78 is 10.5. The highest BCUT2D eigenvalue weighted by molar-refractivity contribution is 6.35. The number of nitrogens with one attached hydrogen (secondary N) is 2. The zero-order valence-electron chi connectivity index (χ0n) is 17.8. The lowest BCUT2D eigenvalue weighted by Crippen LogP contribution is -2.13. The molecule has 1 heterocycles. The molecule has 0 saturated carbocycles. The first-order valence-electron chi connectivity index (χ1n) is 10.1. The first kappa shape index (κ1) is 23.3. The van der Waals surface area contributed by atoms with Crippen LogP contribution in [0.5, 0.6) is 5.75 Å². The van der Waals surface area contributed by atoms with Gasteiger partial charge in [-0.3, -0.25) is 9.59 Å². The number of aromatic nitrogens is 2. The lowest BCUT2D eigenvalue weighted by Gasteiger charge is -2.09. The van der Waals surface area contributed by atoms with Crippen LogP contribution in [0, 0.1) is 6.92 Å². The molecule has 0 saturated heterocycles. The molecule has 34 heavy (non-hydrogen) atoms. The van der Waals surface area contributed by atoms with Crippen molar-refractivity contribution in [2.24, 2.45) is 0 Å². The highest BCUT2D eigenvalue weighted by atomic mass is 35.5. The first-order valence-corrected chi connectivity index (χ1v) is 10.8. The fraction of sp³-hybridized carbons (Fsp3) is 0.0833. The molecule has 0 bridgehead atoms. The number of aryl methyl sites for hydroxylation is 1. The summed E-state index contributed by atoms with van der Waals surface area (Å²) in [6.45, 7) is 1.88. The highest BCUT2D eigenvalue weighted by Crippen LogP contribution is 2.21. The van der Waals surface area contributed by atoms with E-state index in [4.69, 9.17) is 32.5 Å². The number of ether oxygens (including phenoxy) is 1. The van der Waals surface area contributed by atoms with Crippen molar-refractivity contribution >= 4 is 46.4 Å². The molecule has 0 radical (unpaired) electrons. The quantitative estimate of drug-likeness (QED) is 0.336. The molecular formula is C24H18Cl2N4O4. The zero-order chi connectivity index (χ0) is 24.1. The lowest BCUT2D eigenvalue weighted by atomic mass is 10.1. The molecule has 0 atom stereocenters. The topological polar surface area (TPSA) is 106 Å². The molecule has 0 unspecified atom stereocenters. The van der Waals surface area contributed by atoms with Crippen molar-refractivity contribution in [3.8, 4) is 5.75 Å². The molecule has 0 aliphatic heterocycles. The van der Waals surface area contributed by atoms with Crippen LogP contribution in [0.1, 0.15) is 32.4 Å². The van der Waals surface area contributed by atoms with Crippen LogP contribution in [0.3, 0.4) is 0 Å². The van der Waals surface area contributed by atoms with Gasteiger partial charge in [-0.25, -0.2) is 0 Å². The molecule has 4 rings (SSSR count). The van der Waals surface area contributed by atoms with E-state index in [0.717, 1.165) is 0 Å². The summed E-state index contributed by atoms with van der Waals surface area (Å²) in [6.07, 6.45) is 0. The molecule has 172 valence electrons. The third-order valence-electron chi connectivity index (χ3n) is 4.58. The Morgan fingerprint density at radius 3 is 1.97 bits per heavy atom. The van der Waals surface area contributed by atoms with Crippen molar-refractivity contribution in [2.75, 3.05) is 10.6 Å². The molecule has 1 aromatic heterocycles. The third kappa shape index (κ3) is 6.12. The van der Waals surface area contributed by atoms with Crippen molar-refractivity contribution in [3.63, 3.8) is 0 Å². The van der Waals surface area contributed by atoms with Crippen molar-refractivity contribution < 1.29 is 18.8 Å². The van der Waals surface area contributed by atoms with E-state index in [0.29, 0.717) is 50.0 Å². The molecule has 0 spiro atoms. The number of nitrogens with zero attached hydrogens (tertiary/aromatic N) is 2. The summed E-state index contributed by atoms with van der Waals surface area (Å²) in [5, 5.41) is 10.1. The minimum atomic E-state index is -0.363. The largest absolute Gasteiger partial charge is 0.485 e. The Hall–Kier alpha value is -3.88. The summed E-state index contributed by atoms with van der Waals surface area (Å²) in [4.78, 5) is 29.0. The molecule has 2 N–H and O–H groups in total. The van der Waals surface area contributed by atoms with Crippen LogP contribution in [-0.2, 0) is 6.61 Å². The van der Waals surface area contributed by atoms with Gasteiger partial charge >= 0.3 is 0 Å². The Kier molecular flexibility index (Phi) is 7.10. The van der Waals surface area contributed by atoms with Crippen LogP contribution in [0.15, 0.2) is 71.3 Å². The number of anilines is 2. The van der Waals surface area contributed by atoms with Gasteiger partial charge in [-0.2, -0.15) is 4.98 Å². The number of carbonyl (C=O) groups excluding carboxylic acids is 2. The van der Waals surface area contributed by atoms with Crippen LogP contribution >= 0.6 is 23.2 Å². The fourth-order valence-electron chi connectivity index (χ4n) is 2.98. The molecule has 8 nitrogen and oxygen atoms in total. The van der Waals surface area contributed by atoms with Gasteiger partial charge in [0.25, 0.3) is 11.8 Å². The molecule has 0 fully saturated rings. The molecule has 3 aromatic carbocycles. The predicted molar refractivity (Wildman–Crippen MR) is 129 cm³/mol. The smallest absolute Gasteiger partial charge is 0.255 e. The van der Waals surface area contributed by atoms with Gasteiger partial charge < -0.3 is 19.9 Å². The average Bonchev–Trinajstić information content (AvgIpc) is 3.23. The van der Waals surface area contributed by atoms with Crippen LogP contribution < -0.4 is 15.4 Å². The van der Waals surface area contributed by atoms with Gasteiger partial charge in [0.05, 0.1) is 0 Å². The molecular weight excluding hydrogens is 479 g/mol. The van der Waals surface area contributed by atoms with Gasteiger partial charge in [0.2, 0.25) is 11.7 Å². The van der Waals surface area contributed by atoms with E-state index in [9.17, 15) is 9.59 Å². The van der Waals surface area contributed by atoms with E-state index in [-0.39, 0.29) is 18.4 Å². The summed E-state index contributed by atoms with van der Waals surface area (Å²) in [7, 11) is 0. The standard InChI is InChI=1S/C24H18Cl2N4O4/c1-14-27-22(30-34-14)13-33-21-8-6-20(7-9-21)28-23(31)15-2-4-19(5-3-15)29-24(32)16-10-17(25)12-18(26)11-16/h2-12H,13H2,1H3,(H,28,31)(H,29,32). The number of carbonyl (C=O) groups is 2. The van der Waals surface area contributed by atoms with E-state index < -0.39 is 0 Å². The minimum absolute atomic E-state index is 0.177. The van der Waals surface area contributed by atoms with Crippen LogP contribution in [0.4, 0.5) is 11.4 Å². The number of amides is 2. The van der Waals surface area contributed by atoms with E-state index in [2.05, 4.69) is 20.8 Å². The number of hydrogen-bond acceptors (Lipinski definition) is 6. The minimum Gasteiger partial charge on any atom is -0.485 e. The van der Waals surface area contributed by atoms with Crippen molar-refractivity contribution in [3.05, 3.63) is 99.6 Å². The molecule has 0 aliphatic carbocycles. The monoisotopic (exact) mass is 496 g/mol. The zero-order valence-corrected chi connectivity index (χ0v) is 19.4. The Bertz CT molecular complexity index is 1300. The van der Waals surface area contributed by atoms with Gasteiger partial charge in [-0.05, 0) is 66.7 Å². The first-order chi connectivity index (χ1) is 16.4. The predicted octanol–water partition coefficient (Wildman–Crippen LogP) is 5.77. The maximum atomic E-state index is 12.6. The van der Waals surface area contributed by atoms with Gasteiger partial charge in [-0.15, -0.1) is 0 Å². The van der Waals surface area contributed by atoms with E-state index in [1.165, 1.54) is 12.1 Å². The van der Waals surface area contributed by atoms with E-state index in [1.807, 2.05) is 0 Å². The average molecular weight is 497 g/mol. The Morgan fingerprint density at radius 1 is 0.853 bits per heavy atom. The molecule has 10 heteroatoms. The molecule has 0 aliphatic rings. The Labute approximate surface area is 204 Å². The normalized spacial score (nSPS) is 10.6. The fourth-order valence-corrected chi connectivity index (χ4v) is 3.50. The Morgan fingerprint density at radius 2 is 1.41 bits per heavy atom. The number of benzene rings is 3. The number of rotatable bonds is 7. The Balaban J connectivity index is 1.32. The van der Waals surface area contributed by atoms with Crippen LogP contribution in [0.2, 0.25) is 10.0 Å². The van der Waals surface area contributed by atoms with Crippen LogP contribution in [-0.4, -0.2) is 22.0 Å². The second-order valence-corrected chi connectivity index (χ2v) is 8.06. The maximum absolute atomic E-state index is 12.6. The van der Waals surface area contributed by atoms with Gasteiger partial charge in [0.1, 0.15) is 5.75 Å². The maximum Gasteiger partial charge on any atom is 0.255 e. The summed E-state index contributed by atoms with van der Waals surface area (Å²) in [5.74, 6) is 0.860. The van der Waals surface area contributed by atoms with Crippen LogP contribution in [0.25, 0.3) is 0 Å². The van der Waals surface area contributed by atoms with Crippen molar-refractivity contribution in [2.45, 2.75) is 13.5 Å². The van der Waals surface area contributed by atoms with Gasteiger partial charge in [-0.1, -0.05) is 28.4 Å². The second-order valence-electron chi connectivity index (χ2n) is 7.19. The molecule has 4 aromatic rings. The lowest BCUT2D eigenvalue weighted by molar-refractivity contribution is 0.102. The van der Waals surface area contributed by atoms with Gasteiger partial charge in [0, 0.05) is 39.5 Å². The third-order valence-corrected chi connectivity index (χ3v) is 5.02. The summed E-state index contributed by atoms with van der Waals surface area (Å²) >= 11 is 11.9. The summed E-state index contributed by atoms with van der Waals surface area (Å²) in [5.41, 5.74) is 1.88. The summed E-state index contributed by atoms with van der Waals surface area (Å²) in [6, 6.07) is 18.0.